The molecule has 3 amide bonds. The average Bonchev–Trinajstić information content (AvgIpc) is 3.34. The van der Waals surface area contributed by atoms with E-state index in [0.717, 1.165) is 25.7 Å². The van der Waals surface area contributed by atoms with Gasteiger partial charge in [0.25, 0.3) is 5.96 Å². The van der Waals surface area contributed by atoms with Crippen molar-refractivity contribution in [2.24, 2.45) is 28.6 Å². The Morgan fingerprint density at radius 3 is 2.46 bits per heavy atom. The van der Waals surface area contributed by atoms with Crippen LogP contribution in [0.3, 0.4) is 0 Å². The van der Waals surface area contributed by atoms with Crippen molar-refractivity contribution in [3.63, 3.8) is 0 Å². The molecule has 3 saturated carbocycles. The van der Waals surface area contributed by atoms with E-state index in [4.69, 9.17) is 14.7 Å². The summed E-state index contributed by atoms with van der Waals surface area (Å²) in [6.07, 6.45) is 5.59. The minimum absolute atomic E-state index is 0.0431. The molecule has 5 N–H and O–H groups in total. The first-order valence-electron chi connectivity index (χ1n) is 17.8. The Bertz CT molecular complexity index is 1230. The van der Waals surface area contributed by atoms with Crippen LogP contribution >= 0.6 is 0 Å². The number of nitro groups is 1. The number of guanidine groups is 1. The predicted molar refractivity (Wildman–Crippen MR) is 182 cm³/mol. The molecule has 15 heteroatoms. The van der Waals surface area contributed by atoms with E-state index in [1.54, 1.807) is 10.3 Å². The van der Waals surface area contributed by atoms with Crippen molar-refractivity contribution in [2.75, 3.05) is 13.1 Å². The van der Waals surface area contributed by atoms with Crippen LogP contribution in [0.1, 0.15) is 113 Å². The topological polar surface area (TPSA) is 188 Å². The van der Waals surface area contributed by atoms with Crippen molar-refractivity contribution in [1.29, 1.82) is 5.41 Å². The van der Waals surface area contributed by atoms with Crippen LogP contribution < -0.4 is 21.4 Å². The number of carbonyl (C=O) groups is 3. The fourth-order valence-corrected chi connectivity index (χ4v) is 8.35. The summed E-state index contributed by atoms with van der Waals surface area (Å²) in [5, 5.41) is 26.2. The van der Waals surface area contributed by atoms with E-state index < -0.39 is 41.7 Å². The molecule has 1 unspecified atom stereocenters. The lowest BCUT2D eigenvalue weighted by atomic mass is 9.43. The van der Waals surface area contributed by atoms with Gasteiger partial charge in [0.15, 0.2) is 5.03 Å². The molecule has 2 saturated heterocycles. The summed E-state index contributed by atoms with van der Waals surface area (Å²) in [5.41, 5.74) is 1.26. The molecule has 7 atom stereocenters. The molecule has 0 aromatic rings. The van der Waals surface area contributed by atoms with Gasteiger partial charge in [-0.3, -0.25) is 19.8 Å². The number of carbonyl (C=O) groups excluding carboxylic acids is 3. The second-order valence-electron chi connectivity index (χ2n) is 16.8. The first-order chi connectivity index (χ1) is 22.3. The maximum Gasteiger partial charge on any atom is 0.481 e. The second-order valence-corrected chi connectivity index (χ2v) is 16.8. The standard InChI is InChI=1S/C33H58BN7O7/c1-20(2)16-26(34-47-25-18-21-17-24(32(21,6)7)33(25,8)48-34)38-28(43)22(12-11-14-36-30(35)39-41(45)46)37-29(44)23-13-9-10-15-40(23)27(42)19-31(3,4)5/h20-26H,9-19H2,1-8H3,(H,37,44)(H,38,43)(H3,35,36,39)/t21-,22-,23?,24-,25+,26-,33-/m0/s1. The molecule has 14 nitrogen and oxygen atoms in total. The fraction of sp³-hybridized carbons (Fsp3) is 0.879. The van der Waals surface area contributed by atoms with Gasteiger partial charge in [-0.15, -0.1) is 0 Å². The van der Waals surface area contributed by atoms with E-state index in [2.05, 4.69) is 50.6 Å². The SMILES string of the molecule is CC(C)C[C@H](NC(=O)[C@H](CCCNC(=N)N[N+](=O)[O-])NC(=O)C1CCCCN1C(=O)CC(C)(C)C)B1O[C@@H]2C[C@@H]3C[C@@H](C3(C)C)[C@]2(C)O1. The predicted octanol–water partition coefficient (Wildman–Crippen LogP) is 3.17. The van der Waals surface area contributed by atoms with Crippen molar-refractivity contribution >= 4 is 30.8 Å². The highest BCUT2D eigenvalue weighted by atomic mass is 16.7. The van der Waals surface area contributed by atoms with Crippen LogP contribution in [0.25, 0.3) is 0 Å². The molecule has 270 valence electrons. The van der Waals surface area contributed by atoms with E-state index in [0.29, 0.717) is 44.1 Å². The smallest absolute Gasteiger partial charge is 0.404 e. The minimum Gasteiger partial charge on any atom is -0.404 e. The summed E-state index contributed by atoms with van der Waals surface area (Å²) in [7, 11) is -0.628. The largest absolute Gasteiger partial charge is 0.481 e. The Morgan fingerprint density at radius 1 is 1.12 bits per heavy atom. The number of piperidine rings is 1. The summed E-state index contributed by atoms with van der Waals surface area (Å²) in [4.78, 5) is 53.5. The van der Waals surface area contributed by atoms with Gasteiger partial charge >= 0.3 is 7.12 Å². The van der Waals surface area contributed by atoms with Crippen LogP contribution in [0.2, 0.25) is 0 Å². The van der Waals surface area contributed by atoms with Crippen molar-refractivity contribution in [1.82, 2.24) is 26.3 Å². The van der Waals surface area contributed by atoms with Crippen LogP contribution in [0.5, 0.6) is 0 Å². The molecule has 5 aliphatic rings. The zero-order chi connectivity index (χ0) is 35.6. The number of amides is 3. The zero-order valence-corrected chi connectivity index (χ0v) is 30.1. The fourth-order valence-electron chi connectivity index (χ4n) is 8.35. The number of nitrogens with one attached hydrogen (secondary N) is 5. The summed E-state index contributed by atoms with van der Waals surface area (Å²) in [5.74, 6) is -0.561. The van der Waals surface area contributed by atoms with Crippen molar-refractivity contribution < 1.29 is 28.7 Å². The number of nitrogens with zero attached hydrogens (tertiary/aromatic N) is 2. The van der Waals surface area contributed by atoms with E-state index in [1.807, 2.05) is 20.8 Å². The lowest BCUT2D eigenvalue weighted by Crippen LogP contribution is -2.65. The van der Waals surface area contributed by atoms with Gasteiger partial charge in [-0.2, -0.15) is 0 Å². The number of likely N-dealkylation sites (tertiary alicyclic amines) is 1. The normalized spacial score (nSPS) is 28.9. The third-order valence-electron chi connectivity index (χ3n) is 11.0. The molecule has 0 aromatic carbocycles. The van der Waals surface area contributed by atoms with Crippen LogP contribution in [0.4, 0.5) is 0 Å². The van der Waals surface area contributed by atoms with Gasteiger partial charge in [0.2, 0.25) is 17.7 Å². The lowest BCUT2D eigenvalue weighted by Gasteiger charge is -2.64. The highest BCUT2D eigenvalue weighted by molar-refractivity contribution is 6.48. The van der Waals surface area contributed by atoms with Gasteiger partial charge in [-0.05, 0) is 86.9 Å². The molecule has 0 aromatic heterocycles. The van der Waals surface area contributed by atoms with Gasteiger partial charge in [-0.25, -0.2) is 10.1 Å². The van der Waals surface area contributed by atoms with Gasteiger partial charge in [0.05, 0.1) is 17.6 Å². The van der Waals surface area contributed by atoms with Crippen LogP contribution in [0.15, 0.2) is 0 Å². The highest BCUT2D eigenvalue weighted by Gasteiger charge is 2.68. The van der Waals surface area contributed by atoms with Gasteiger partial charge in [-0.1, -0.05) is 53.9 Å². The molecule has 0 radical (unpaired) electrons. The molecule has 0 spiro atoms. The maximum absolute atomic E-state index is 14.1. The van der Waals surface area contributed by atoms with Gasteiger partial charge in [0, 0.05) is 19.5 Å². The zero-order valence-electron chi connectivity index (χ0n) is 30.1. The minimum atomic E-state index is -0.945. The van der Waals surface area contributed by atoms with Gasteiger partial charge in [0.1, 0.15) is 12.1 Å². The molecule has 2 bridgehead atoms. The quantitative estimate of drug-likeness (QED) is 0.0488. The second kappa shape index (κ2) is 14.9. The van der Waals surface area contributed by atoms with Gasteiger partial charge < -0.3 is 30.2 Å². The van der Waals surface area contributed by atoms with Crippen molar-refractivity contribution in [2.45, 2.75) is 143 Å². The number of hydrazine groups is 1. The molecular weight excluding hydrogens is 617 g/mol. The van der Waals surface area contributed by atoms with Crippen LogP contribution in [-0.2, 0) is 23.7 Å². The lowest BCUT2D eigenvalue weighted by molar-refractivity contribution is -0.525. The van der Waals surface area contributed by atoms with Crippen LogP contribution in [0, 0.1) is 44.1 Å². The first-order valence-corrected chi connectivity index (χ1v) is 17.8. The molecule has 2 heterocycles. The summed E-state index contributed by atoms with van der Waals surface area (Å²) < 4.78 is 13.3. The van der Waals surface area contributed by atoms with E-state index in [9.17, 15) is 24.5 Å². The van der Waals surface area contributed by atoms with E-state index in [1.165, 1.54) is 0 Å². The van der Waals surface area contributed by atoms with E-state index in [-0.39, 0.29) is 53.5 Å². The van der Waals surface area contributed by atoms with Crippen LogP contribution in [-0.4, -0.2) is 83.6 Å². The molecule has 2 aliphatic heterocycles. The monoisotopic (exact) mass is 675 g/mol. The van der Waals surface area contributed by atoms with E-state index >= 15 is 0 Å². The maximum atomic E-state index is 14.1. The number of hydrogen-bond acceptors (Lipinski definition) is 8. The Kier molecular flexibility index (Phi) is 11.8. The third kappa shape index (κ3) is 8.80. The Morgan fingerprint density at radius 2 is 1.83 bits per heavy atom. The first kappa shape index (κ1) is 37.9. The Labute approximate surface area is 285 Å². The summed E-state index contributed by atoms with van der Waals surface area (Å²) in [6, 6.07) is -1.62. The average molecular weight is 676 g/mol. The molecule has 48 heavy (non-hydrogen) atoms. The number of hydrogen-bond donors (Lipinski definition) is 5. The summed E-state index contributed by atoms with van der Waals surface area (Å²) >= 11 is 0. The Hall–Kier alpha value is -2.94. The third-order valence-corrected chi connectivity index (χ3v) is 11.0. The Balaban J connectivity index is 1.48. The van der Waals surface area contributed by atoms with Crippen molar-refractivity contribution in [3.05, 3.63) is 10.1 Å². The molecule has 3 aliphatic carbocycles. The number of rotatable bonds is 13. The highest BCUT2D eigenvalue weighted by Crippen LogP contribution is 2.65. The summed E-state index contributed by atoms with van der Waals surface area (Å²) in [6.45, 7) is 17.5. The molecule has 5 fully saturated rings. The molecular formula is C33H58BN7O7. The van der Waals surface area contributed by atoms with Crippen molar-refractivity contribution in [3.8, 4) is 0 Å². The molecule has 5 rings (SSSR count).